The molecule has 1 heterocycles. The Morgan fingerprint density at radius 1 is 1.33 bits per heavy atom. The Bertz CT molecular complexity index is 248. The molecule has 1 rings (SSSR count). The summed E-state index contributed by atoms with van der Waals surface area (Å²) in [4.78, 5) is 0. The second-order valence-corrected chi connectivity index (χ2v) is 5.68. The van der Waals surface area contributed by atoms with E-state index in [0.29, 0.717) is 5.25 Å². The summed E-state index contributed by atoms with van der Waals surface area (Å²) in [6, 6.07) is 6.26. The number of rotatable bonds is 3. The number of hydrogen-bond donors (Lipinski definition) is 0. The van der Waals surface area contributed by atoms with Crippen molar-refractivity contribution in [3.05, 3.63) is 24.4 Å². The van der Waals surface area contributed by atoms with E-state index in [1.54, 1.807) is 0 Å². The Labute approximate surface area is 82.0 Å². The molecule has 0 bridgehead atoms. The van der Waals surface area contributed by atoms with Gasteiger partial charge < -0.3 is 0 Å². The van der Waals surface area contributed by atoms with Crippen molar-refractivity contribution in [2.24, 2.45) is 7.05 Å². The molecule has 0 aliphatic carbocycles. The summed E-state index contributed by atoms with van der Waals surface area (Å²) in [6.45, 7) is 4.42. The summed E-state index contributed by atoms with van der Waals surface area (Å²) < 4.78 is 2.14. The van der Waals surface area contributed by atoms with Crippen LogP contribution in [0.3, 0.4) is 0 Å². The lowest BCUT2D eigenvalue weighted by molar-refractivity contribution is -0.708. The van der Waals surface area contributed by atoms with E-state index in [0.717, 1.165) is 0 Å². The van der Waals surface area contributed by atoms with E-state index in [1.165, 1.54) is 5.03 Å². The van der Waals surface area contributed by atoms with E-state index in [1.807, 2.05) is 27.7 Å². The van der Waals surface area contributed by atoms with Crippen LogP contribution in [0.1, 0.15) is 13.8 Å². The van der Waals surface area contributed by atoms with Gasteiger partial charge in [0.2, 0.25) is 5.03 Å². The molecule has 1 nitrogen and oxygen atoms in total. The van der Waals surface area contributed by atoms with Crippen molar-refractivity contribution in [3.63, 3.8) is 0 Å². The lowest BCUT2D eigenvalue weighted by Crippen LogP contribution is -2.29. The summed E-state index contributed by atoms with van der Waals surface area (Å²) in [5.74, 6) is 0. The van der Waals surface area contributed by atoms with Crippen LogP contribution < -0.4 is 4.57 Å². The topological polar surface area (TPSA) is 3.88 Å². The van der Waals surface area contributed by atoms with Crippen LogP contribution in [0.2, 0.25) is 0 Å². The van der Waals surface area contributed by atoms with Crippen molar-refractivity contribution >= 4 is 21.6 Å². The first-order valence-corrected chi connectivity index (χ1v) is 6.19. The van der Waals surface area contributed by atoms with E-state index in [9.17, 15) is 0 Å². The fraction of sp³-hybridized carbons (Fsp3) is 0.444. The van der Waals surface area contributed by atoms with Gasteiger partial charge in [0.25, 0.3) is 0 Å². The Morgan fingerprint density at radius 3 is 2.67 bits per heavy atom. The molecule has 0 saturated carbocycles. The van der Waals surface area contributed by atoms with E-state index in [-0.39, 0.29) is 0 Å². The van der Waals surface area contributed by atoms with Gasteiger partial charge in [0.1, 0.15) is 7.05 Å². The second-order valence-electron chi connectivity index (χ2n) is 2.88. The zero-order chi connectivity index (χ0) is 8.97. The maximum atomic E-state index is 2.21. The standard InChI is InChI=1S/C9H14NS2/c1-8(2)11-12-9-6-4-5-7-10(9)3/h4-8H,1-3H3/q+1. The minimum absolute atomic E-state index is 0.676. The molecule has 0 radical (unpaired) electrons. The fourth-order valence-electron chi connectivity index (χ4n) is 0.740. The first-order chi connectivity index (χ1) is 5.70. The highest BCUT2D eigenvalue weighted by atomic mass is 33.1. The van der Waals surface area contributed by atoms with E-state index >= 15 is 0 Å². The monoisotopic (exact) mass is 200 g/mol. The molecule has 0 spiro atoms. The smallest absolute Gasteiger partial charge is 0.195 e. The van der Waals surface area contributed by atoms with Gasteiger partial charge in [-0.25, -0.2) is 0 Å². The molecule has 0 fully saturated rings. The zero-order valence-corrected chi connectivity index (χ0v) is 9.28. The summed E-state index contributed by atoms with van der Waals surface area (Å²) >= 11 is 0. The highest BCUT2D eigenvalue weighted by molar-refractivity contribution is 8.76. The quantitative estimate of drug-likeness (QED) is 0.545. The third-order valence-electron chi connectivity index (χ3n) is 1.33. The average molecular weight is 200 g/mol. The fourth-order valence-corrected chi connectivity index (χ4v) is 2.74. The third-order valence-corrected chi connectivity index (χ3v) is 4.36. The van der Waals surface area contributed by atoms with Gasteiger partial charge in [0.05, 0.1) is 0 Å². The van der Waals surface area contributed by atoms with Crippen LogP contribution in [0, 0.1) is 0 Å². The first kappa shape index (κ1) is 9.93. The lowest BCUT2D eigenvalue weighted by Gasteiger charge is -2.00. The predicted molar refractivity (Wildman–Crippen MR) is 56.2 cm³/mol. The molecule has 0 unspecified atom stereocenters. The highest BCUT2D eigenvalue weighted by Crippen LogP contribution is 2.31. The van der Waals surface area contributed by atoms with Gasteiger partial charge >= 0.3 is 0 Å². The minimum Gasteiger partial charge on any atom is -0.195 e. The largest absolute Gasteiger partial charge is 0.250 e. The van der Waals surface area contributed by atoms with Crippen LogP contribution in [-0.2, 0) is 7.05 Å². The Hall–Kier alpha value is -0.150. The third kappa shape index (κ3) is 3.07. The molecule has 0 aliphatic rings. The van der Waals surface area contributed by atoms with E-state index in [4.69, 9.17) is 0 Å². The molecule has 66 valence electrons. The minimum atomic E-state index is 0.676. The SMILES string of the molecule is CC(C)SSc1cccc[n+]1C. The molecule has 12 heavy (non-hydrogen) atoms. The van der Waals surface area contributed by atoms with Crippen molar-refractivity contribution in [2.75, 3.05) is 0 Å². The van der Waals surface area contributed by atoms with E-state index in [2.05, 4.69) is 43.8 Å². The Morgan fingerprint density at radius 2 is 2.08 bits per heavy atom. The lowest BCUT2D eigenvalue weighted by atomic mass is 10.5. The molecule has 1 aromatic heterocycles. The molecule has 0 saturated heterocycles. The normalized spacial score (nSPS) is 10.7. The molecule has 0 aliphatic heterocycles. The molecular weight excluding hydrogens is 186 g/mol. The zero-order valence-electron chi connectivity index (χ0n) is 7.65. The molecule has 0 amide bonds. The Balaban J connectivity index is 2.57. The molecule has 0 atom stereocenters. The van der Waals surface area contributed by atoms with Gasteiger partial charge in [-0.1, -0.05) is 24.6 Å². The number of aromatic nitrogens is 1. The van der Waals surface area contributed by atoms with Crippen LogP contribution in [0.5, 0.6) is 0 Å². The van der Waals surface area contributed by atoms with Crippen molar-refractivity contribution in [1.29, 1.82) is 0 Å². The van der Waals surface area contributed by atoms with Gasteiger partial charge in [-0.2, -0.15) is 4.57 Å². The second kappa shape index (κ2) is 4.77. The maximum Gasteiger partial charge on any atom is 0.250 e. The maximum absolute atomic E-state index is 2.21. The van der Waals surface area contributed by atoms with Crippen LogP contribution in [0.15, 0.2) is 29.4 Å². The van der Waals surface area contributed by atoms with Crippen molar-refractivity contribution in [1.82, 2.24) is 0 Å². The average Bonchev–Trinajstić information content (AvgIpc) is 2.03. The summed E-state index contributed by atoms with van der Waals surface area (Å²) in [5, 5.41) is 1.98. The van der Waals surface area contributed by atoms with Crippen LogP contribution >= 0.6 is 21.6 Å². The van der Waals surface area contributed by atoms with Crippen molar-refractivity contribution in [2.45, 2.75) is 24.1 Å². The van der Waals surface area contributed by atoms with Gasteiger partial charge in [-0.15, -0.1) is 0 Å². The number of aryl methyl sites for hydroxylation is 1. The highest BCUT2D eigenvalue weighted by Gasteiger charge is 2.06. The van der Waals surface area contributed by atoms with Crippen molar-refractivity contribution < 1.29 is 4.57 Å². The Kier molecular flexibility index (Phi) is 3.95. The molecule has 3 heteroatoms. The van der Waals surface area contributed by atoms with Crippen LogP contribution in [-0.4, -0.2) is 5.25 Å². The van der Waals surface area contributed by atoms with Crippen LogP contribution in [0.4, 0.5) is 0 Å². The van der Waals surface area contributed by atoms with Gasteiger partial charge in [0.15, 0.2) is 6.20 Å². The van der Waals surface area contributed by atoms with Gasteiger partial charge in [-0.05, 0) is 6.07 Å². The van der Waals surface area contributed by atoms with Crippen LogP contribution in [0.25, 0.3) is 0 Å². The van der Waals surface area contributed by atoms with E-state index < -0.39 is 0 Å². The number of pyridine rings is 1. The molecule has 0 aromatic carbocycles. The summed E-state index contributed by atoms with van der Waals surface area (Å²) in [5.41, 5.74) is 0. The van der Waals surface area contributed by atoms with Gasteiger partial charge in [-0.3, -0.25) is 0 Å². The summed E-state index contributed by atoms with van der Waals surface area (Å²) in [6.07, 6.45) is 2.07. The molecule has 1 aromatic rings. The first-order valence-electron chi connectivity index (χ1n) is 3.98. The number of hydrogen-bond acceptors (Lipinski definition) is 2. The van der Waals surface area contributed by atoms with Gasteiger partial charge in [0, 0.05) is 28.2 Å². The van der Waals surface area contributed by atoms with Crippen molar-refractivity contribution in [3.8, 4) is 0 Å². The molecule has 0 N–H and O–H groups in total. The number of nitrogens with zero attached hydrogens (tertiary/aromatic N) is 1. The summed E-state index contributed by atoms with van der Waals surface area (Å²) in [7, 11) is 5.80. The predicted octanol–water partition coefficient (Wildman–Crippen LogP) is 2.66. The molecular formula is C9H14NS2+.